The van der Waals surface area contributed by atoms with Crippen LogP contribution in [0.2, 0.25) is 5.02 Å². The van der Waals surface area contributed by atoms with E-state index in [-0.39, 0.29) is 35.3 Å². The summed E-state index contributed by atoms with van der Waals surface area (Å²) in [6, 6.07) is 13.2. The number of sulfone groups is 1. The molecular formula is C20H20ClN3O5S. The molecule has 0 radical (unpaired) electrons. The zero-order chi connectivity index (χ0) is 21.6. The van der Waals surface area contributed by atoms with Gasteiger partial charge >= 0.3 is 11.8 Å². The number of benzene rings is 2. The number of carbonyl (C=O) groups is 1. The smallest absolute Gasteiger partial charge is 0.315 e. The maximum absolute atomic E-state index is 12.4. The van der Waals surface area contributed by atoms with Gasteiger partial charge in [0, 0.05) is 18.0 Å². The molecule has 0 unspecified atom stereocenters. The van der Waals surface area contributed by atoms with E-state index in [0.717, 1.165) is 11.3 Å². The van der Waals surface area contributed by atoms with Crippen molar-refractivity contribution in [2.24, 2.45) is 0 Å². The number of carbonyl (C=O) groups excluding carboxylic acids is 1. The first kappa shape index (κ1) is 21.8. The topological polar surface area (TPSA) is 111 Å². The van der Waals surface area contributed by atoms with Gasteiger partial charge in [-0.1, -0.05) is 28.9 Å². The van der Waals surface area contributed by atoms with Gasteiger partial charge in [0.2, 0.25) is 0 Å². The van der Waals surface area contributed by atoms with E-state index in [2.05, 4.69) is 15.5 Å². The number of rotatable bonds is 9. The predicted octanol–water partition coefficient (Wildman–Crippen LogP) is 3.07. The van der Waals surface area contributed by atoms with Crippen LogP contribution in [0.15, 0.2) is 57.9 Å². The molecule has 3 rings (SSSR count). The summed E-state index contributed by atoms with van der Waals surface area (Å²) in [5, 5.41) is 6.81. The van der Waals surface area contributed by atoms with Gasteiger partial charge in [0.25, 0.3) is 0 Å². The molecule has 1 heterocycles. The van der Waals surface area contributed by atoms with E-state index in [1.165, 1.54) is 24.3 Å². The lowest BCUT2D eigenvalue weighted by atomic mass is 10.2. The third kappa shape index (κ3) is 5.80. The Labute approximate surface area is 179 Å². The molecule has 0 saturated carbocycles. The molecule has 158 valence electrons. The standard InChI is InChI=1S/C20H20ClN3O5S/c1-2-28-16-7-3-14(4-8-16)13-22-19(25)20-23-18(24-29-20)11-12-30(26,27)17-9-5-15(21)6-10-17/h3-10H,2,11-13H2,1H3,(H,22,25). The van der Waals surface area contributed by atoms with Crippen molar-refractivity contribution in [3.63, 3.8) is 0 Å². The summed E-state index contributed by atoms with van der Waals surface area (Å²) in [5.41, 5.74) is 0.876. The number of nitrogens with one attached hydrogen (secondary N) is 1. The number of halogens is 1. The summed E-state index contributed by atoms with van der Waals surface area (Å²) in [7, 11) is -3.53. The van der Waals surface area contributed by atoms with Gasteiger partial charge in [0.05, 0.1) is 17.3 Å². The summed E-state index contributed by atoms with van der Waals surface area (Å²) in [4.78, 5) is 16.3. The molecule has 8 nitrogen and oxygen atoms in total. The number of aromatic nitrogens is 2. The summed E-state index contributed by atoms with van der Waals surface area (Å²) < 4.78 is 35.0. The van der Waals surface area contributed by atoms with Crippen LogP contribution in [0, 0.1) is 0 Å². The normalized spacial score (nSPS) is 11.3. The Hall–Kier alpha value is -2.91. The van der Waals surface area contributed by atoms with Crippen LogP contribution < -0.4 is 10.1 Å². The molecule has 1 aromatic heterocycles. The maximum Gasteiger partial charge on any atom is 0.315 e. The first-order chi connectivity index (χ1) is 14.4. The van der Waals surface area contributed by atoms with E-state index in [9.17, 15) is 13.2 Å². The minimum Gasteiger partial charge on any atom is -0.494 e. The largest absolute Gasteiger partial charge is 0.494 e. The van der Waals surface area contributed by atoms with Crippen LogP contribution in [0.4, 0.5) is 0 Å². The van der Waals surface area contributed by atoms with Crippen LogP contribution in [-0.2, 0) is 22.8 Å². The SMILES string of the molecule is CCOc1ccc(CNC(=O)c2nc(CCS(=O)(=O)c3ccc(Cl)cc3)no2)cc1. The lowest BCUT2D eigenvalue weighted by Gasteiger charge is -2.05. The van der Waals surface area contributed by atoms with Crippen LogP contribution in [0.1, 0.15) is 29.0 Å². The maximum atomic E-state index is 12.4. The van der Waals surface area contributed by atoms with Crippen molar-refractivity contribution >= 4 is 27.3 Å². The van der Waals surface area contributed by atoms with Gasteiger partial charge in [-0.2, -0.15) is 4.98 Å². The zero-order valence-electron chi connectivity index (χ0n) is 16.2. The number of aryl methyl sites for hydroxylation is 1. The Bertz CT molecular complexity index is 1100. The molecule has 0 aliphatic heterocycles. The van der Waals surface area contributed by atoms with Crippen LogP contribution in [0.3, 0.4) is 0 Å². The number of nitrogens with zero attached hydrogens (tertiary/aromatic N) is 2. The monoisotopic (exact) mass is 449 g/mol. The fourth-order valence-electron chi connectivity index (χ4n) is 2.56. The molecule has 0 atom stereocenters. The summed E-state index contributed by atoms with van der Waals surface area (Å²) >= 11 is 5.78. The van der Waals surface area contributed by atoms with Gasteiger partial charge in [0.15, 0.2) is 15.7 Å². The second-order valence-corrected chi connectivity index (χ2v) is 8.84. The molecule has 0 aliphatic carbocycles. The van der Waals surface area contributed by atoms with E-state index in [1.54, 1.807) is 0 Å². The molecule has 30 heavy (non-hydrogen) atoms. The van der Waals surface area contributed by atoms with Gasteiger partial charge in [-0.15, -0.1) is 0 Å². The van der Waals surface area contributed by atoms with Crippen molar-refractivity contribution in [3.05, 3.63) is 70.8 Å². The van der Waals surface area contributed by atoms with Crippen LogP contribution >= 0.6 is 11.6 Å². The molecule has 0 bridgehead atoms. The molecule has 3 aromatic rings. The average Bonchev–Trinajstić information content (AvgIpc) is 3.21. The van der Waals surface area contributed by atoms with Crippen LogP contribution in [0.25, 0.3) is 0 Å². The van der Waals surface area contributed by atoms with Crippen molar-refractivity contribution in [1.82, 2.24) is 15.5 Å². The van der Waals surface area contributed by atoms with E-state index in [4.69, 9.17) is 20.9 Å². The summed E-state index contributed by atoms with van der Waals surface area (Å²) in [6.45, 7) is 2.75. The molecule has 1 N–H and O–H groups in total. The Morgan fingerprint density at radius 2 is 1.83 bits per heavy atom. The van der Waals surface area contributed by atoms with E-state index in [1.807, 2.05) is 31.2 Å². The molecule has 0 fully saturated rings. The molecular weight excluding hydrogens is 430 g/mol. The second kappa shape index (κ2) is 9.73. The molecule has 0 saturated heterocycles. The van der Waals surface area contributed by atoms with Crippen molar-refractivity contribution < 1.29 is 22.5 Å². The third-order valence-corrected chi connectivity index (χ3v) is 6.10. The molecule has 1 amide bonds. The number of hydrogen-bond acceptors (Lipinski definition) is 7. The van der Waals surface area contributed by atoms with Crippen LogP contribution in [-0.4, -0.2) is 36.8 Å². The Kier molecular flexibility index (Phi) is 7.07. The first-order valence-electron chi connectivity index (χ1n) is 9.18. The van der Waals surface area contributed by atoms with Crippen molar-refractivity contribution in [2.45, 2.75) is 24.8 Å². The number of hydrogen-bond donors (Lipinski definition) is 1. The lowest BCUT2D eigenvalue weighted by molar-refractivity contribution is 0.0907. The Morgan fingerprint density at radius 1 is 1.13 bits per heavy atom. The van der Waals surface area contributed by atoms with Gasteiger partial charge in [-0.3, -0.25) is 4.79 Å². The molecule has 2 aromatic carbocycles. The summed E-state index contributed by atoms with van der Waals surface area (Å²) in [6.07, 6.45) is 0.0145. The number of ether oxygens (including phenoxy) is 1. The van der Waals surface area contributed by atoms with Gasteiger partial charge in [-0.05, 0) is 48.9 Å². The van der Waals surface area contributed by atoms with Crippen molar-refractivity contribution in [1.29, 1.82) is 0 Å². The quantitative estimate of drug-likeness (QED) is 0.534. The molecule has 0 aliphatic rings. The Balaban J connectivity index is 1.53. The first-order valence-corrected chi connectivity index (χ1v) is 11.2. The summed E-state index contributed by atoms with van der Waals surface area (Å²) in [5.74, 6) is -0.0917. The van der Waals surface area contributed by atoms with E-state index >= 15 is 0 Å². The highest BCUT2D eigenvalue weighted by molar-refractivity contribution is 7.91. The predicted molar refractivity (Wildman–Crippen MR) is 110 cm³/mol. The average molecular weight is 450 g/mol. The molecule has 0 spiro atoms. The minimum atomic E-state index is -3.53. The lowest BCUT2D eigenvalue weighted by Crippen LogP contribution is -2.23. The minimum absolute atomic E-state index is 0.0145. The highest BCUT2D eigenvalue weighted by atomic mass is 35.5. The second-order valence-electron chi connectivity index (χ2n) is 6.30. The van der Waals surface area contributed by atoms with Crippen LogP contribution in [0.5, 0.6) is 5.75 Å². The fraction of sp³-hybridized carbons (Fsp3) is 0.250. The third-order valence-electron chi connectivity index (χ3n) is 4.12. The zero-order valence-corrected chi connectivity index (χ0v) is 17.7. The molecule has 10 heteroatoms. The van der Waals surface area contributed by atoms with E-state index in [0.29, 0.717) is 11.6 Å². The highest BCUT2D eigenvalue weighted by Crippen LogP contribution is 2.16. The Morgan fingerprint density at radius 3 is 2.50 bits per heavy atom. The van der Waals surface area contributed by atoms with Gasteiger partial charge < -0.3 is 14.6 Å². The van der Waals surface area contributed by atoms with Crippen molar-refractivity contribution in [3.8, 4) is 5.75 Å². The number of amides is 1. The highest BCUT2D eigenvalue weighted by Gasteiger charge is 2.19. The van der Waals surface area contributed by atoms with Crippen molar-refractivity contribution in [2.75, 3.05) is 12.4 Å². The van der Waals surface area contributed by atoms with Gasteiger partial charge in [-0.25, -0.2) is 8.42 Å². The fourth-order valence-corrected chi connectivity index (χ4v) is 3.93. The van der Waals surface area contributed by atoms with Gasteiger partial charge in [0.1, 0.15) is 5.75 Å². The van der Waals surface area contributed by atoms with E-state index < -0.39 is 15.7 Å².